The van der Waals surface area contributed by atoms with Crippen LogP contribution in [-0.4, -0.2) is 18.6 Å². The highest BCUT2D eigenvalue weighted by molar-refractivity contribution is 6.30. The topological polar surface area (TPSA) is 38.3 Å². The fraction of sp³-hybridized carbons (Fsp3) is 0.278. The maximum Gasteiger partial charge on any atom is 0.261 e. The summed E-state index contributed by atoms with van der Waals surface area (Å²) in [7, 11) is 0. The van der Waals surface area contributed by atoms with E-state index in [0.29, 0.717) is 30.2 Å². The lowest BCUT2D eigenvalue weighted by molar-refractivity contribution is -0.128. The number of hydrogen-bond donors (Lipinski definition) is 1. The van der Waals surface area contributed by atoms with E-state index < -0.39 is 6.10 Å². The second kappa shape index (κ2) is 8.53. The van der Waals surface area contributed by atoms with Gasteiger partial charge in [0.05, 0.1) is 0 Å². The summed E-state index contributed by atoms with van der Waals surface area (Å²) in [4.78, 5) is 12.2. The zero-order chi connectivity index (χ0) is 16.7. The van der Waals surface area contributed by atoms with Crippen LogP contribution in [0.5, 0.6) is 5.75 Å². The van der Waals surface area contributed by atoms with Gasteiger partial charge in [-0.2, -0.15) is 0 Å². The Morgan fingerprint density at radius 2 is 2.00 bits per heavy atom. The maximum atomic E-state index is 12.8. The molecule has 122 valence electrons. The van der Waals surface area contributed by atoms with Gasteiger partial charge in [-0.25, -0.2) is 4.39 Å². The number of rotatable bonds is 7. The van der Waals surface area contributed by atoms with Crippen LogP contribution >= 0.6 is 11.6 Å². The van der Waals surface area contributed by atoms with Crippen molar-refractivity contribution in [2.75, 3.05) is 6.54 Å². The second-order valence-electron chi connectivity index (χ2n) is 5.14. The monoisotopic (exact) mass is 335 g/mol. The molecular formula is C18H19ClFNO2. The van der Waals surface area contributed by atoms with Crippen molar-refractivity contribution in [3.63, 3.8) is 0 Å². The van der Waals surface area contributed by atoms with Crippen molar-refractivity contribution in [1.29, 1.82) is 0 Å². The van der Waals surface area contributed by atoms with Gasteiger partial charge in [0.1, 0.15) is 11.6 Å². The van der Waals surface area contributed by atoms with Crippen molar-refractivity contribution >= 4 is 17.5 Å². The van der Waals surface area contributed by atoms with Gasteiger partial charge in [-0.15, -0.1) is 0 Å². The lowest BCUT2D eigenvalue weighted by Gasteiger charge is -2.17. The second-order valence-corrected chi connectivity index (χ2v) is 5.58. The molecule has 0 fully saturated rings. The summed E-state index contributed by atoms with van der Waals surface area (Å²) >= 11 is 5.91. The molecule has 1 N–H and O–H groups in total. The first-order chi connectivity index (χ1) is 11.1. The van der Waals surface area contributed by atoms with Crippen LogP contribution in [0.1, 0.15) is 18.9 Å². The Morgan fingerprint density at radius 1 is 1.26 bits per heavy atom. The van der Waals surface area contributed by atoms with E-state index in [4.69, 9.17) is 16.3 Å². The number of carbonyl (C=O) groups is 1. The molecule has 0 aliphatic carbocycles. The fourth-order valence-electron chi connectivity index (χ4n) is 2.12. The minimum atomic E-state index is -0.568. The first-order valence-corrected chi connectivity index (χ1v) is 7.90. The highest BCUT2D eigenvalue weighted by Gasteiger charge is 2.17. The Bertz CT molecular complexity index is 646. The molecule has 2 rings (SSSR count). The van der Waals surface area contributed by atoms with Crippen molar-refractivity contribution in [1.82, 2.24) is 5.32 Å². The molecule has 1 amide bonds. The van der Waals surface area contributed by atoms with E-state index in [2.05, 4.69) is 5.32 Å². The lowest BCUT2D eigenvalue weighted by atomic mass is 10.1. The molecule has 5 heteroatoms. The van der Waals surface area contributed by atoms with Crippen LogP contribution in [0.2, 0.25) is 5.02 Å². The summed E-state index contributed by atoms with van der Waals surface area (Å²) in [6.07, 6.45) is 0.621. The summed E-state index contributed by atoms with van der Waals surface area (Å²) in [5.41, 5.74) is 0.968. The van der Waals surface area contributed by atoms with Gasteiger partial charge in [-0.05, 0) is 48.7 Å². The number of ether oxygens (including phenoxy) is 1. The van der Waals surface area contributed by atoms with Gasteiger partial charge in [0.2, 0.25) is 0 Å². The van der Waals surface area contributed by atoms with Gasteiger partial charge in [0, 0.05) is 11.6 Å². The van der Waals surface area contributed by atoms with Crippen LogP contribution < -0.4 is 10.1 Å². The lowest BCUT2D eigenvalue weighted by Crippen LogP contribution is -2.38. The van der Waals surface area contributed by atoms with Gasteiger partial charge in [-0.3, -0.25) is 4.79 Å². The van der Waals surface area contributed by atoms with E-state index in [-0.39, 0.29) is 11.7 Å². The van der Waals surface area contributed by atoms with Crippen molar-refractivity contribution in [2.24, 2.45) is 0 Å². The molecule has 0 bridgehead atoms. The summed E-state index contributed by atoms with van der Waals surface area (Å²) in [5, 5.41) is 3.40. The van der Waals surface area contributed by atoms with Crippen molar-refractivity contribution in [3.05, 3.63) is 64.9 Å². The van der Waals surface area contributed by atoms with E-state index in [9.17, 15) is 9.18 Å². The van der Waals surface area contributed by atoms with Gasteiger partial charge in [0.25, 0.3) is 5.91 Å². The van der Waals surface area contributed by atoms with Gasteiger partial charge >= 0.3 is 0 Å². The average molecular weight is 336 g/mol. The number of benzene rings is 2. The standard InChI is InChI=1S/C18H19ClFNO2/c1-2-17(23-16-5-3-4-14(19)12-16)18(22)21-11-10-13-6-8-15(20)9-7-13/h3-9,12,17H,2,10-11H2,1H3,(H,21,22)/t17-/m1/s1. The van der Waals surface area contributed by atoms with Crippen LogP contribution in [0.15, 0.2) is 48.5 Å². The first-order valence-electron chi connectivity index (χ1n) is 7.53. The van der Waals surface area contributed by atoms with E-state index in [1.165, 1.54) is 12.1 Å². The first kappa shape index (κ1) is 17.3. The number of amides is 1. The van der Waals surface area contributed by atoms with Crippen LogP contribution in [0.3, 0.4) is 0 Å². The molecule has 0 unspecified atom stereocenters. The van der Waals surface area contributed by atoms with Crippen molar-refractivity contribution in [3.8, 4) is 5.75 Å². The third-order valence-corrected chi connectivity index (χ3v) is 3.60. The quantitative estimate of drug-likeness (QED) is 0.830. The minimum absolute atomic E-state index is 0.172. The SMILES string of the molecule is CC[C@@H](Oc1cccc(Cl)c1)C(=O)NCCc1ccc(F)cc1. The summed E-state index contributed by atoms with van der Waals surface area (Å²) in [5.74, 6) is 0.131. The Kier molecular flexibility index (Phi) is 6.41. The van der Waals surface area contributed by atoms with E-state index in [1.54, 1.807) is 36.4 Å². The summed E-state index contributed by atoms with van der Waals surface area (Å²) in [6.45, 7) is 2.36. The summed E-state index contributed by atoms with van der Waals surface area (Å²) < 4.78 is 18.5. The minimum Gasteiger partial charge on any atom is -0.481 e. The number of nitrogens with one attached hydrogen (secondary N) is 1. The molecule has 0 aliphatic rings. The predicted octanol–water partition coefficient (Wildman–Crippen LogP) is 4.00. The van der Waals surface area contributed by atoms with E-state index >= 15 is 0 Å². The largest absolute Gasteiger partial charge is 0.481 e. The third-order valence-electron chi connectivity index (χ3n) is 3.36. The van der Waals surface area contributed by atoms with Crippen LogP contribution in [0, 0.1) is 5.82 Å². The van der Waals surface area contributed by atoms with Gasteiger partial charge < -0.3 is 10.1 Å². The molecule has 2 aromatic carbocycles. The van der Waals surface area contributed by atoms with Gasteiger partial charge in [-0.1, -0.05) is 36.7 Å². The van der Waals surface area contributed by atoms with E-state index in [1.807, 2.05) is 6.92 Å². The van der Waals surface area contributed by atoms with E-state index in [0.717, 1.165) is 5.56 Å². The number of carbonyl (C=O) groups excluding carboxylic acids is 1. The number of halogens is 2. The zero-order valence-corrected chi connectivity index (χ0v) is 13.6. The van der Waals surface area contributed by atoms with Crippen molar-refractivity contribution < 1.29 is 13.9 Å². The molecule has 0 aromatic heterocycles. The normalized spacial score (nSPS) is 11.8. The molecule has 2 aromatic rings. The third kappa shape index (κ3) is 5.57. The zero-order valence-electron chi connectivity index (χ0n) is 12.9. The fourth-order valence-corrected chi connectivity index (χ4v) is 2.30. The molecule has 0 saturated heterocycles. The van der Waals surface area contributed by atoms with Crippen LogP contribution in [0.4, 0.5) is 4.39 Å². The molecule has 0 heterocycles. The Morgan fingerprint density at radius 3 is 2.65 bits per heavy atom. The molecular weight excluding hydrogens is 317 g/mol. The van der Waals surface area contributed by atoms with Crippen molar-refractivity contribution in [2.45, 2.75) is 25.9 Å². The summed E-state index contributed by atoms with van der Waals surface area (Å²) in [6, 6.07) is 13.2. The van der Waals surface area contributed by atoms with Crippen LogP contribution in [0.25, 0.3) is 0 Å². The van der Waals surface area contributed by atoms with Crippen LogP contribution in [-0.2, 0) is 11.2 Å². The molecule has 0 spiro atoms. The highest BCUT2D eigenvalue weighted by atomic mass is 35.5. The van der Waals surface area contributed by atoms with Gasteiger partial charge in [0.15, 0.2) is 6.10 Å². The Labute approximate surface area is 140 Å². The number of hydrogen-bond acceptors (Lipinski definition) is 2. The maximum absolute atomic E-state index is 12.8. The molecule has 0 radical (unpaired) electrons. The molecule has 23 heavy (non-hydrogen) atoms. The highest BCUT2D eigenvalue weighted by Crippen LogP contribution is 2.19. The molecule has 3 nitrogen and oxygen atoms in total. The molecule has 0 saturated carbocycles. The smallest absolute Gasteiger partial charge is 0.261 e. The predicted molar refractivity (Wildman–Crippen MR) is 89.3 cm³/mol. The molecule has 1 atom stereocenters. The Balaban J connectivity index is 1.83. The molecule has 0 aliphatic heterocycles. The Hall–Kier alpha value is -2.07. The average Bonchev–Trinajstić information content (AvgIpc) is 2.54.